The minimum atomic E-state index is -0.843. The van der Waals surface area contributed by atoms with E-state index in [2.05, 4.69) is 16.2 Å². The van der Waals surface area contributed by atoms with Gasteiger partial charge < -0.3 is 20.5 Å². The van der Waals surface area contributed by atoms with Crippen LogP contribution in [-0.2, 0) is 4.79 Å². The molecule has 0 spiro atoms. The van der Waals surface area contributed by atoms with Gasteiger partial charge in [-0.05, 0) is 30.6 Å². The van der Waals surface area contributed by atoms with Crippen molar-refractivity contribution in [3.8, 4) is 11.5 Å². The lowest BCUT2D eigenvalue weighted by atomic mass is 10.2. The summed E-state index contributed by atoms with van der Waals surface area (Å²) in [4.78, 5) is 35.3. The van der Waals surface area contributed by atoms with Gasteiger partial charge in [0.1, 0.15) is 17.5 Å². The Labute approximate surface area is 150 Å². The Morgan fingerprint density at radius 1 is 1.12 bits per heavy atom. The summed E-state index contributed by atoms with van der Waals surface area (Å²) in [5.74, 6) is 0.372. The number of ether oxygens (including phenoxy) is 2. The highest BCUT2D eigenvalue weighted by Crippen LogP contribution is 2.22. The number of hydrazine groups is 1. The molecule has 0 aliphatic rings. The summed E-state index contributed by atoms with van der Waals surface area (Å²) in [7, 11) is 2.92. The summed E-state index contributed by atoms with van der Waals surface area (Å²) in [5.41, 5.74) is 9.85. The zero-order valence-electron chi connectivity index (χ0n) is 14.3. The Kier molecular flexibility index (Phi) is 8.40. The standard InChI is InChI=1S/C15H22N4O5S/c1-23-10-6-9(7-11(8-10)24-2)13(20)18-19-14(21)12(4-5-25-3)17-15(16)22/h6-8,12H,4-5H2,1-3H3,(H,18,20)(H,19,21)(H3,16,17,22)/t12-/m0/s1. The van der Waals surface area contributed by atoms with Crippen LogP contribution in [0.5, 0.6) is 11.5 Å². The van der Waals surface area contributed by atoms with Crippen molar-refractivity contribution in [2.45, 2.75) is 12.5 Å². The fraction of sp³-hybridized carbons (Fsp3) is 0.400. The molecule has 138 valence electrons. The average Bonchev–Trinajstić information content (AvgIpc) is 2.61. The molecule has 10 heteroatoms. The number of amides is 4. The molecule has 1 atom stereocenters. The summed E-state index contributed by atoms with van der Waals surface area (Å²) >= 11 is 1.52. The first-order valence-electron chi connectivity index (χ1n) is 7.29. The van der Waals surface area contributed by atoms with E-state index in [-0.39, 0.29) is 5.56 Å². The lowest BCUT2D eigenvalue weighted by Crippen LogP contribution is -2.53. The van der Waals surface area contributed by atoms with Crippen molar-refractivity contribution < 1.29 is 23.9 Å². The van der Waals surface area contributed by atoms with Crippen LogP contribution in [0.15, 0.2) is 18.2 Å². The lowest BCUT2D eigenvalue weighted by Gasteiger charge is -2.17. The van der Waals surface area contributed by atoms with E-state index >= 15 is 0 Å². The highest BCUT2D eigenvalue weighted by Gasteiger charge is 2.20. The van der Waals surface area contributed by atoms with E-state index < -0.39 is 23.9 Å². The first-order chi connectivity index (χ1) is 11.9. The topological polar surface area (TPSA) is 132 Å². The highest BCUT2D eigenvalue weighted by atomic mass is 32.2. The van der Waals surface area contributed by atoms with Gasteiger partial charge in [0.15, 0.2) is 0 Å². The van der Waals surface area contributed by atoms with Crippen LogP contribution in [-0.4, -0.2) is 50.1 Å². The van der Waals surface area contributed by atoms with Crippen molar-refractivity contribution in [3.05, 3.63) is 23.8 Å². The van der Waals surface area contributed by atoms with E-state index in [0.29, 0.717) is 23.7 Å². The molecule has 1 aromatic carbocycles. The zero-order valence-corrected chi connectivity index (χ0v) is 15.1. The van der Waals surface area contributed by atoms with Crippen molar-refractivity contribution in [3.63, 3.8) is 0 Å². The number of rotatable bonds is 8. The molecule has 0 aliphatic carbocycles. The fourth-order valence-electron chi connectivity index (χ4n) is 1.89. The van der Waals surface area contributed by atoms with E-state index in [9.17, 15) is 14.4 Å². The van der Waals surface area contributed by atoms with E-state index in [4.69, 9.17) is 15.2 Å². The highest BCUT2D eigenvalue weighted by molar-refractivity contribution is 7.98. The van der Waals surface area contributed by atoms with Gasteiger partial charge in [-0.15, -0.1) is 0 Å². The van der Waals surface area contributed by atoms with E-state index in [1.165, 1.54) is 38.1 Å². The van der Waals surface area contributed by atoms with Gasteiger partial charge in [-0.3, -0.25) is 20.4 Å². The molecule has 9 nitrogen and oxygen atoms in total. The molecule has 25 heavy (non-hydrogen) atoms. The largest absolute Gasteiger partial charge is 0.497 e. The van der Waals surface area contributed by atoms with Crippen molar-refractivity contribution in [1.82, 2.24) is 16.2 Å². The molecule has 5 N–H and O–H groups in total. The third-order valence-corrected chi connectivity index (χ3v) is 3.80. The molecule has 0 saturated carbocycles. The van der Waals surface area contributed by atoms with Crippen LogP contribution in [0, 0.1) is 0 Å². The second kappa shape index (κ2) is 10.3. The van der Waals surface area contributed by atoms with Crippen LogP contribution < -0.4 is 31.4 Å². The number of primary amides is 1. The SMILES string of the molecule is COc1cc(OC)cc(C(=O)NNC(=O)[C@H](CCSC)NC(N)=O)c1. The second-order valence-electron chi connectivity index (χ2n) is 4.89. The first-order valence-corrected chi connectivity index (χ1v) is 8.68. The second-order valence-corrected chi connectivity index (χ2v) is 5.87. The lowest BCUT2D eigenvalue weighted by molar-refractivity contribution is -0.123. The summed E-state index contributed by atoms with van der Waals surface area (Å²) in [6.45, 7) is 0. The van der Waals surface area contributed by atoms with Crippen LogP contribution in [0.25, 0.3) is 0 Å². The minimum Gasteiger partial charge on any atom is -0.497 e. The number of hydrogen-bond acceptors (Lipinski definition) is 6. The van der Waals surface area contributed by atoms with Crippen molar-refractivity contribution in [2.75, 3.05) is 26.2 Å². The summed E-state index contributed by atoms with van der Waals surface area (Å²) in [6, 6.07) is 2.95. The van der Waals surface area contributed by atoms with Crippen molar-refractivity contribution in [2.24, 2.45) is 5.73 Å². The third kappa shape index (κ3) is 6.79. The number of nitrogens with one attached hydrogen (secondary N) is 3. The third-order valence-electron chi connectivity index (χ3n) is 3.16. The maximum absolute atomic E-state index is 12.2. The molecule has 0 heterocycles. The van der Waals surface area contributed by atoms with Crippen molar-refractivity contribution >= 4 is 29.6 Å². The average molecular weight is 370 g/mol. The normalized spacial score (nSPS) is 11.2. The van der Waals surface area contributed by atoms with Gasteiger partial charge in [0.25, 0.3) is 11.8 Å². The van der Waals surface area contributed by atoms with E-state index in [1.54, 1.807) is 6.07 Å². The van der Waals surface area contributed by atoms with Gasteiger partial charge >= 0.3 is 6.03 Å². The Bertz CT molecular complexity index is 604. The molecule has 1 aromatic rings. The molecule has 0 saturated heterocycles. The monoisotopic (exact) mass is 370 g/mol. The van der Waals surface area contributed by atoms with Crippen LogP contribution in [0.1, 0.15) is 16.8 Å². The van der Waals surface area contributed by atoms with Gasteiger partial charge in [-0.1, -0.05) is 0 Å². The number of thioether (sulfide) groups is 1. The van der Waals surface area contributed by atoms with E-state index in [1.807, 2.05) is 6.26 Å². The number of methoxy groups -OCH3 is 2. The predicted molar refractivity (Wildman–Crippen MR) is 94.7 cm³/mol. The molecule has 1 rings (SSSR count). The number of carbonyl (C=O) groups is 3. The summed E-state index contributed by atoms with van der Waals surface area (Å²) < 4.78 is 10.2. The number of benzene rings is 1. The Morgan fingerprint density at radius 3 is 2.20 bits per heavy atom. The fourth-order valence-corrected chi connectivity index (χ4v) is 2.36. The molecular formula is C15H22N4O5S. The summed E-state index contributed by atoms with van der Waals surface area (Å²) in [6.07, 6.45) is 2.25. The smallest absolute Gasteiger partial charge is 0.312 e. The molecule has 4 amide bonds. The first kappa shape index (κ1) is 20.4. The van der Waals surface area contributed by atoms with Crippen LogP contribution in [0.4, 0.5) is 4.79 Å². The van der Waals surface area contributed by atoms with Crippen LogP contribution in [0.3, 0.4) is 0 Å². The molecule has 0 fully saturated rings. The molecule has 0 unspecified atom stereocenters. The minimum absolute atomic E-state index is 0.236. The molecule has 0 aliphatic heterocycles. The number of carbonyl (C=O) groups excluding carboxylic acids is 3. The predicted octanol–water partition coefficient (Wildman–Crippen LogP) is 0.255. The summed E-state index contributed by atoms with van der Waals surface area (Å²) in [5, 5.41) is 2.34. The molecule has 0 radical (unpaired) electrons. The van der Waals surface area contributed by atoms with Gasteiger partial charge in [0.05, 0.1) is 14.2 Å². The van der Waals surface area contributed by atoms with Gasteiger partial charge in [-0.2, -0.15) is 11.8 Å². The van der Waals surface area contributed by atoms with Gasteiger partial charge in [-0.25, -0.2) is 4.79 Å². The molecule has 0 bridgehead atoms. The maximum atomic E-state index is 12.2. The number of hydrogen-bond donors (Lipinski definition) is 4. The van der Waals surface area contributed by atoms with Crippen LogP contribution in [0.2, 0.25) is 0 Å². The number of nitrogens with two attached hydrogens (primary N) is 1. The molecule has 0 aromatic heterocycles. The van der Waals surface area contributed by atoms with Crippen molar-refractivity contribution in [1.29, 1.82) is 0 Å². The van der Waals surface area contributed by atoms with Gasteiger partial charge in [0.2, 0.25) is 0 Å². The Hall–Kier alpha value is -2.62. The Morgan fingerprint density at radius 2 is 1.72 bits per heavy atom. The Balaban J connectivity index is 2.73. The van der Waals surface area contributed by atoms with E-state index in [0.717, 1.165) is 0 Å². The maximum Gasteiger partial charge on any atom is 0.312 e. The van der Waals surface area contributed by atoms with Crippen LogP contribution >= 0.6 is 11.8 Å². The quantitative estimate of drug-likeness (QED) is 0.485. The number of urea groups is 1. The van der Waals surface area contributed by atoms with Gasteiger partial charge in [0, 0.05) is 11.6 Å². The molecular weight excluding hydrogens is 348 g/mol. The zero-order chi connectivity index (χ0) is 18.8.